The highest BCUT2D eigenvalue weighted by Gasteiger charge is 2.30. The van der Waals surface area contributed by atoms with E-state index in [4.69, 9.17) is 4.74 Å². The number of nitrogens with one attached hydrogen (secondary N) is 3. The van der Waals surface area contributed by atoms with E-state index < -0.39 is 5.41 Å². The first kappa shape index (κ1) is 37.2. The van der Waals surface area contributed by atoms with E-state index in [9.17, 15) is 14.4 Å². The zero-order chi connectivity index (χ0) is 28.4. The molecule has 0 aromatic carbocycles. The molecule has 0 saturated heterocycles. The van der Waals surface area contributed by atoms with Gasteiger partial charge in [-0.1, -0.05) is 70.1 Å². The monoisotopic (exact) mass is 549 g/mol. The Kier molecular flexibility index (Phi) is 20.8. The van der Waals surface area contributed by atoms with E-state index >= 15 is 0 Å². The molecule has 0 aliphatic rings. The number of carbonyl (C=O) groups is 3. The summed E-state index contributed by atoms with van der Waals surface area (Å²) in [6, 6.07) is 0.141. The van der Waals surface area contributed by atoms with Crippen molar-refractivity contribution in [1.82, 2.24) is 16.0 Å². The molecule has 0 radical (unpaired) electrons. The van der Waals surface area contributed by atoms with Crippen molar-refractivity contribution >= 4 is 39.3 Å². The predicted molar refractivity (Wildman–Crippen MR) is 157 cm³/mol. The van der Waals surface area contributed by atoms with Crippen molar-refractivity contribution in [2.75, 3.05) is 26.0 Å². The van der Waals surface area contributed by atoms with Gasteiger partial charge < -0.3 is 20.7 Å². The van der Waals surface area contributed by atoms with E-state index in [2.05, 4.69) is 36.7 Å². The van der Waals surface area contributed by atoms with Crippen LogP contribution in [0.1, 0.15) is 101 Å². The molecule has 3 amide bonds. The first-order chi connectivity index (χ1) is 16.7. The van der Waals surface area contributed by atoms with Gasteiger partial charge in [0.05, 0.1) is 5.60 Å². The third kappa shape index (κ3) is 19.2. The molecule has 7 nitrogen and oxygen atoms in total. The van der Waals surface area contributed by atoms with Gasteiger partial charge in [-0.3, -0.25) is 14.4 Å². The summed E-state index contributed by atoms with van der Waals surface area (Å²) in [7, 11) is 5.05. The molecule has 2 atom stereocenters. The van der Waals surface area contributed by atoms with Gasteiger partial charge in [-0.05, 0) is 46.0 Å². The topological polar surface area (TPSA) is 96.5 Å². The second-order valence-corrected chi connectivity index (χ2v) is 13.5. The molecular formula is C27H55N3O4S2. The molecule has 214 valence electrons. The smallest absolute Gasteiger partial charge is 0.225 e. The van der Waals surface area contributed by atoms with Gasteiger partial charge in [-0.25, -0.2) is 0 Å². The second-order valence-electron chi connectivity index (χ2n) is 10.5. The molecule has 36 heavy (non-hydrogen) atoms. The normalized spacial score (nSPS) is 13.3. The average molecular weight is 550 g/mol. The molecule has 0 aliphatic heterocycles. The van der Waals surface area contributed by atoms with E-state index in [1.165, 1.54) is 0 Å². The largest absolute Gasteiger partial charge is 0.375 e. The van der Waals surface area contributed by atoms with Crippen LogP contribution in [-0.2, 0) is 19.1 Å². The van der Waals surface area contributed by atoms with Crippen molar-refractivity contribution in [3.8, 4) is 0 Å². The number of amides is 3. The quantitative estimate of drug-likeness (QED) is 0.153. The molecule has 0 rings (SSSR count). The van der Waals surface area contributed by atoms with Gasteiger partial charge in [-0.2, -0.15) is 0 Å². The van der Waals surface area contributed by atoms with Crippen molar-refractivity contribution in [3.05, 3.63) is 0 Å². The lowest BCUT2D eigenvalue weighted by molar-refractivity contribution is -0.132. The first-order valence-corrected chi connectivity index (χ1v) is 15.8. The minimum Gasteiger partial charge on any atom is -0.375 e. The van der Waals surface area contributed by atoms with E-state index in [-0.39, 0.29) is 29.4 Å². The Bertz CT molecular complexity index is 628. The Morgan fingerprint density at radius 1 is 0.917 bits per heavy atom. The molecule has 0 heterocycles. The summed E-state index contributed by atoms with van der Waals surface area (Å²) in [5.74, 6) is 1.30. The number of rotatable bonds is 18. The fourth-order valence-electron chi connectivity index (χ4n) is 2.73. The van der Waals surface area contributed by atoms with Gasteiger partial charge in [0, 0.05) is 55.5 Å². The molecule has 2 unspecified atom stereocenters. The number of hydrogen-bond acceptors (Lipinski definition) is 6. The van der Waals surface area contributed by atoms with E-state index in [1.54, 1.807) is 28.6 Å². The van der Waals surface area contributed by atoms with E-state index in [0.717, 1.165) is 12.2 Å². The van der Waals surface area contributed by atoms with Crippen LogP contribution in [0.25, 0.3) is 0 Å². The molecule has 9 heteroatoms. The van der Waals surface area contributed by atoms with Crippen LogP contribution in [0, 0.1) is 11.3 Å². The van der Waals surface area contributed by atoms with Gasteiger partial charge in [0.1, 0.15) is 0 Å². The van der Waals surface area contributed by atoms with Crippen molar-refractivity contribution in [3.63, 3.8) is 0 Å². The summed E-state index contributed by atoms with van der Waals surface area (Å²) in [4.78, 5) is 36.0. The Balaban J connectivity index is 0. The Morgan fingerprint density at radius 3 is 2.08 bits per heavy atom. The van der Waals surface area contributed by atoms with E-state index in [1.807, 2.05) is 48.5 Å². The van der Waals surface area contributed by atoms with Crippen LogP contribution in [0.15, 0.2) is 0 Å². The molecule has 0 spiro atoms. The van der Waals surface area contributed by atoms with Crippen molar-refractivity contribution in [2.45, 2.75) is 118 Å². The van der Waals surface area contributed by atoms with Gasteiger partial charge in [-0.15, -0.1) is 0 Å². The Hall–Kier alpha value is -0.930. The highest BCUT2D eigenvalue weighted by Crippen LogP contribution is 2.29. The maximum Gasteiger partial charge on any atom is 0.225 e. The number of ether oxygens (including phenoxy) is 1. The third-order valence-corrected chi connectivity index (χ3v) is 8.91. The number of carbonyl (C=O) groups excluding carboxylic acids is 3. The highest BCUT2D eigenvalue weighted by atomic mass is 33.1. The van der Waals surface area contributed by atoms with Crippen LogP contribution < -0.4 is 16.0 Å². The third-order valence-electron chi connectivity index (χ3n) is 5.94. The molecule has 3 N–H and O–H groups in total. The van der Waals surface area contributed by atoms with Crippen LogP contribution >= 0.6 is 21.6 Å². The molecule has 0 aromatic rings. The van der Waals surface area contributed by atoms with Gasteiger partial charge >= 0.3 is 0 Å². The van der Waals surface area contributed by atoms with Crippen LogP contribution in [0.4, 0.5) is 0 Å². The SMILES string of the molecule is CC.CNC(=O)CCC(C)SSCCC(=O)NCCC(C)(C)OCCC(C)(C)C(=O)NC(C)C(C)C. The molecule has 0 saturated carbocycles. The summed E-state index contributed by atoms with van der Waals surface area (Å²) >= 11 is 0. The summed E-state index contributed by atoms with van der Waals surface area (Å²) in [5.41, 5.74) is -0.876. The van der Waals surface area contributed by atoms with Gasteiger partial charge in [0.25, 0.3) is 0 Å². The molecule has 0 fully saturated rings. The lowest BCUT2D eigenvalue weighted by Gasteiger charge is -2.30. The van der Waals surface area contributed by atoms with Gasteiger partial charge in [0.15, 0.2) is 0 Å². The zero-order valence-corrected chi connectivity index (χ0v) is 26.5. The average Bonchev–Trinajstić information content (AvgIpc) is 2.80. The van der Waals surface area contributed by atoms with Crippen molar-refractivity contribution < 1.29 is 19.1 Å². The summed E-state index contributed by atoms with van der Waals surface area (Å²) < 4.78 is 6.06. The first-order valence-electron chi connectivity index (χ1n) is 13.4. The van der Waals surface area contributed by atoms with Crippen molar-refractivity contribution in [1.29, 1.82) is 0 Å². The van der Waals surface area contributed by atoms with Gasteiger partial charge in [0.2, 0.25) is 17.7 Å². The predicted octanol–water partition coefficient (Wildman–Crippen LogP) is 5.58. The summed E-state index contributed by atoms with van der Waals surface area (Å²) in [6.45, 7) is 21.3. The Labute approximate surface area is 229 Å². The Morgan fingerprint density at radius 2 is 1.53 bits per heavy atom. The van der Waals surface area contributed by atoms with Crippen LogP contribution in [0.2, 0.25) is 0 Å². The second kappa shape index (κ2) is 20.1. The molecule has 0 aliphatic carbocycles. The lowest BCUT2D eigenvalue weighted by Crippen LogP contribution is -2.44. The maximum atomic E-state index is 12.6. The molecule has 0 bridgehead atoms. The summed E-state index contributed by atoms with van der Waals surface area (Å²) in [6.07, 6.45) is 3.17. The maximum absolute atomic E-state index is 12.6. The van der Waals surface area contributed by atoms with E-state index in [0.29, 0.717) is 50.0 Å². The van der Waals surface area contributed by atoms with Crippen LogP contribution in [0.3, 0.4) is 0 Å². The summed E-state index contributed by atoms with van der Waals surface area (Å²) in [5, 5.41) is 9.07. The minimum absolute atomic E-state index is 0.0407. The minimum atomic E-state index is -0.497. The molecular weight excluding hydrogens is 494 g/mol. The fourth-order valence-corrected chi connectivity index (χ4v) is 5.07. The van der Waals surface area contributed by atoms with Crippen LogP contribution in [0.5, 0.6) is 0 Å². The van der Waals surface area contributed by atoms with Crippen LogP contribution in [-0.4, -0.2) is 60.6 Å². The number of hydrogen-bond donors (Lipinski definition) is 3. The highest BCUT2D eigenvalue weighted by molar-refractivity contribution is 8.76. The lowest BCUT2D eigenvalue weighted by atomic mass is 9.87. The molecule has 0 aromatic heterocycles. The fraction of sp³-hybridized carbons (Fsp3) is 0.889. The van der Waals surface area contributed by atoms with Crippen molar-refractivity contribution in [2.24, 2.45) is 11.3 Å². The zero-order valence-electron chi connectivity index (χ0n) is 24.8. The standard InChI is InChI=1S/C25H49N3O4S2.C2H6/c1-18(2)20(4)28-23(31)24(5,6)14-16-32-25(7,8)13-15-27-22(30)12-17-33-34-19(3)10-11-21(29)26-9;1-2/h18-20H,10-17H2,1-9H3,(H,26,29)(H,27,30)(H,28,31);1-2H3.